The molecule has 0 aliphatic rings. The Labute approximate surface area is 158 Å². The van der Waals surface area contributed by atoms with Crippen LogP contribution in [0.15, 0.2) is 67.0 Å². The Hall–Kier alpha value is -3.41. The molecular formula is C21H22N4O2. The molecule has 0 spiro atoms. The molecule has 1 amide bonds. The molecule has 0 saturated heterocycles. The van der Waals surface area contributed by atoms with E-state index >= 15 is 0 Å². The van der Waals surface area contributed by atoms with Crippen molar-refractivity contribution < 1.29 is 9.53 Å². The first-order valence-electron chi connectivity index (χ1n) is 8.76. The second kappa shape index (κ2) is 8.80. The number of carbonyl (C=O) groups is 1. The summed E-state index contributed by atoms with van der Waals surface area (Å²) >= 11 is 0. The van der Waals surface area contributed by atoms with Crippen LogP contribution in [-0.2, 0) is 6.54 Å². The minimum atomic E-state index is -0.134. The molecule has 0 saturated carbocycles. The highest BCUT2D eigenvalue weighted by Crippen LogP contribution is 2.18. The van der Waals surface area contributed by atoms with E-state index in [0.29, 0.717) is 24.6 Å². The van der Waals surface area contributed by atoms with Gasteiger partial charge in [0.25, 0.3) is 5.91 Å². The Morgan fingerprint density at radius 2 is 1.78 bits per heavy atom. The van der Waals surface area contributed by atoms with E-state index in [-0.39, 0.29) is 5.91 Å². The maximum absolute atomic E-state index is 12.7. The number of benzene rings is 2. The zero-order valence-corrected chi connectivity index (χ0v) is 15.4. The third kappa shape index (κ3) is 4.82. The molecular weight excluding hydrogens is 340 g/mol. The van der Waals surface area contributed by atoms with Gasteiger partial charge in [0.2, 0.25) is 0 Å². The summed E-state index contributed by atoms with van der Waals surface area (Å²) in [5, 5.41) is 3.15. The van der Waals surface area contributed by atoms with Gasteiger partial charge in [-0.15, -0.1) is 0 Å². The number of hydrogen-bond acceptors (Lipinski definition) is 5. The Bertz CT molecular complexity index is 865. The van der Waals surface area contributed by atoms with E-state index in [2.05, 4.69) is 15.3 Å². The number of nitrogens with zero attached hydrogens (tertiary/aromatic N) is 3. The fourth-order valence-corrected chi connectivity index (χ4v) is 2.62. The van der Waals surface area contributed by atoms with E-state index < -0.39 is 0 Å². The Morgan fingerprint density at radius 1 is 1.04 bits per heavy atom. The molecule has 0 unspecified atom stereocenters. The molecule has 138 valence electrons. The quantitative estimate of drug-likeness (QED) is 0.691. The smallest absolute Gasteiger partial charge is 0.274 e. The molecule has 0 aliphatic carbocycles. The monoisotopic (exact) mass is 362 g/mol. The van der Waals surface area contributed by atoms with Gasteiger partial charge in [-0.05, 0) is 36.8 Å². The van der Waals surface area contributed by atoms with Crippen LogP contribution in [0.2, 0.25) is 0 Å². The highest BCUT2D eigenvalue weighted by Gasteiger charge is 2.16. The van der Waals surface area contributed by atoms with Gasteiger partial charge in [-0.1, -0.05) is 30.3 Å². The lowest BCUT2D eigenvalue weighted by Crippen LogP contribution is -2.31. The van der Waals surface area contributed by atoms with Crippen molar-refractivity contribution in [1.29, 1.82) is 0 Å². The molecule has 2 aromatic carbocycles. The molecule has 1 aromatic heterocycles. The summed E-state index contributed by atoms with van der Waals surface area (Å²) in [4.78, 5) is 23.0. The Kier molecular flexibility index (Phi) is 5.99. The van der Waals surface area contributed by atoms with Crippen molar-refractivity contribution in [1.82, 2.24) is 14.9 Å². The van der Waals surface area contributed by atoms with E-state index in [4.69, 9.17) is 4.74 Å². The lowest BCUT2D eigenvalue weighted by Gasteiger charge is -2.20. The number of aromatic nitrogens is 2. The molecule has 3 rings (SSSR count). The van der Waals surface area contributed by atoms with Crippen LogP contribution < -0.4 is 10.1 Å². The first kappa shape index (κ1) is 18.4. The summed E-state index contributed by atoms with van der Waals surface area (Å²) in [6.07, 6.45) is 3.07. The van der Waals surface area contributed by atoms with Crippen LogP contribution in [0.3, 0.4) is 0 Å². The van der Waals surface area contributed by atoms with Crippen LogP contribution in [0, 0.1) is 0 Å². The van der Waals surface area contributed by atoms with Crippen molar-refractivity contribution in [3.05, 3.63) is 78.2 Å². The molecule has 0 fully saturated rings. The zero-order valence-electron chi connectivity index (χ0n) is 15.4. The van der Waals surface area contributed by atoms with Gasteiger partial charge in [-0.2, -0.15) is 0 Å². The van der Waals surface area contributed by atoms with Crippen LogP contribution in [0.1, 0.15) is 23.0 Å². The van der Waals surface area contributed by atoms with Crippen LogP contribution in [-0.4, -0.2) is 34.4 Å². The topological polar surface area (TPSA) is 67.4 Å². The molecule has 6 nitrogen and oxygen atoms in total. The van der Waals surface area contributed by atoms with Crippen molar-refractivity contribution >= 4 is 17.4 Å². The summed E-state index contributed by atoms with van der Waals surface area (Å²) < 4.78 is 5.14. The summed E-state index contributed by atoms with van der Waals surface area (Å²) in [5.41, 5.74) is 2.27. The van der Waals surface area contributed by atoms with Crippen molar-refractivity contribution in [3.63, 3.8) is 0 Å². The van der Waals surface area contributed by atoms with E-state index in [1.807, 2.05) is 61.5 Å². The summed E-state index contributed by atoms with van der Waals surface area (Å²) in [7, 11) is 1.63. The number of anilines is 2. The standard InChI is InChI=1S/C21H22N4O2/c1-3-25(15-16-7-5-4-6-8-16)21(26)19-13-23-20(14-22-19)24-17-9-11-18(27-2)12-10-17/h4-14H,3,15H2,1-2H3,(H,23,24). The SMILES string of the molecule is CCN(Cc1ccccc1)C(=O)c1cnc(Nc2ccc(OC)cc2)cn1. The summed E-state index contributed by atoms with van der Waals surface area (Å²) in [6, 6.07) is 17.4. The molecule has 0 aliphatic heterocycles. The van der Waals surface area contributed by atoms with Crippen LogP contribution in [0.5, 0.6) is 5.75 Å². The predicted molar refractivity (Wildman–Crippen MR) is 105 cm³/mol. The van der Waals surface area contributed by atoms with Crippen LogP contribution >= 0.6 is 0 Å². The van der Waals surface area contributed by atoms with Crippen molar-refractivity contribution in [2.24, 2.45) is 0 Å². The number of ether oxygens (including phenoxy) is 1. The highest BCUT2D eigenvalue weighted by atomic mass is 16.5. The number of amides is 1. The van der Waals surface area contributed by atoms with Crippen LogP contribution in [0.4, 0.5) is 11.5 Å². The zero-order chi connectivity index (χ0) is 19.1. The number of hydrogen-bond donors (Lipinski definition) is 1. The number of rotatable bonds is 7. The minimum absolute atomic E-state index is 0.134. The number of carbonyl (C=O) groups excluding carboxylic acids is 1. The third-order valence-electron chi connectivity index (χ3n) is 4.12. The third-order valence-corrected chi connectivity index (χ3v) is 4.12. The second-order valence-electron chi connectivity index (χ2n) is 5.95. The molecule has 0 atom stereocenters. The van der Waals surface area contributed by atoms with E-state index in [0.717, 1.165) is 17.0 Å². The molecule has 1 N–H and O–H groups in total. The fraction of sp³-hybridized carbons (Fsp3) is 0.190. The maximum atomic E-state index is 12.7. The van der Waals surface area contributed by atoms with Gasteiger partial charge >= 0.3 is 0 Å². The maximum Gasteiger partial charge on any atom is 0.274 e. The van der Waals surface area contributed by atoms with Crippen molar-refractivity contribution in [3.8, 4) is 5.75 Å². The largest absolute Gasteiger partial charge is 0.497 e. The normalized spacial score (nSPS) is 10.3. The number of nitrogens with one attached hydrogen (secondary N) is 1. The first-order valence-corrected chi connectivity index (χ1v) is 8.76. The van der Waals surface area contributed by atoms with Crippen molar-refractivity contribution in [2.45, 2.75) is 13.5 Å². The average molecular weight is 362 g/mol. The van der Waals surface area contributed by atoms with Crippen molar-refractivity contribution in [2.75, 3.05) is 19.0 Å². The predicted octanol–water partition coefficient (Wildman–Crippen LogP) is 3.89. The first-order chi connectivity index (χ1) is 13.2. The van der Waals surface area contributed by atoms with E-state index in [1.165, 1.54) is 6.20 Å². The van der Waals surface area contributed by atoms with E-state index in [9.17, 15) is 4.79 Å². The lowest BCUT2D eigenvalue weighted by atomic mass is 10.2. The van der Waals surface area contributed by atoms with Gasteiger partial charge in [0.15, 0.2) is 0 Å². The fourth-order valence-electron chi connectivity index (χ4n) is 2.62. The second-order valence-corrected chi connectivity index (χ2v) is 5.95. The van der Waals surface area contributed by atoms with Gasteiger partial charge in [-0.25, -0.2) is 9.97 Å². The van der Waals surface area contributed by atoms with E-state index in [1.54, 1.807) is 18.2 Å². The Balaban J connectivity index is 1.66. The average Bonchev–Trinajstić information content (AvgIpc) is 2.73. The Morgan fingerprint density at radius 3 is 2.37 bits per heavy atom. The van der Waals surface area contributed by atoms with Gasteiger partial charge in [0.1, 0.15) is 17.3 Å². The number of methoxy groups -OCH3 is 1. The molecule has 3 aromatic rings. The van der Waals surface area contributed by atoms with Gasteiger partial charge < -0.3 is 15.0 Å². The molecule has 0 bridgehead atoms. The van der Waals surface area contributed by atoms with Gasteiger partial charge in [0, 0.05) is 18.8 Å². The summed E-state index contributed by atoms with van der Waals surface area (Å²) in [6.45, 7) is 3.10. The summed E-state index contributed by atoms with van der Waals surface area (Å²) in [5.74, 6) is 1.22. The molecule has 1 heterocycles. The van der Waals surface area contributed by atoms with Gasteiger partial charge in [0.05, 0.1) is 19.5 Å². The van der Waals surface area contributed by atoms with Crippen LogP contribution in [0.25, 0.3) is 0 Å². The molecule has 0 radical (unpaired) electrons. The lowest BCUT2D eigenvalue weighted by molar-refractivity contribution is 0.0746. The highest BCUT2D eigenvalue weighted by molar-refractivity contribution is 5.92. The molecule has 6 heteroatoms. The van der Waals surface area contributed by atoms with Gasteiger partial charge in [-0.3, -0.25) is 4.79 Å². The minimum Gasteiger partial charge on any atom is -0.497 e. The molecule has 27 heavy (non-hydrogen) atoms.